The van der Waals surface area contributed by atoms with E-state index < -0.39 is 0 Å². The number of nitrogens with one attached hydrogen (secondary N) is 1. The zero-order chi connectivity index (χ0) is 15.0. The predicted octanol–water partition coefficient (Wildman–Crippen LogP) is 3.77. The van der Waals surface area contributed by atoms with Crippen LogP contribution in [0.5, 0.6) is 0 Å². The van der Waals surface area contributed by atoms with Gasteiger partial charge in [-0.05, 0) is 62.6 Å². The van der Waals surface area contributed by atoms with Crippen LogP contribution in [-0.4, -0.2) is 29.8 Å². The molecule has 0 fully saturated rings. The van der Waals surface area contributed by atoms with Crippen LogP contribution in [0.2, 0.25) is 0 Å². The lowest BCUT2D eigenvalue weighted by Crippen LogP contribution is -2.26. The van der Waals surface area contributed by atoms with Crippen molar-refractivity contribution < 1.29 is 5.11 Å². The van der Waals surface area contributed by atoms with Crippen LogP contribution in [0.15, 0.2) is 12.1 Å². The smallest absolute Gasteiger partial charge is 0.0438 e. The van der Waals surface area contributed by atoms with Gasteiger partial charge >= 0.3 is 0 Å². The zero-order valence-corrected chi connectivity index (χ0v) is 14.1. The Labute approximate surface area is 128 Å². The molecule has 2 N–H and O–H groups in total. The monoisotopic (exact) mass is 295 g/mol. The lowest BCUT2D eigenvalue weighted by molar-refractivity contribution is 0.296. The molecular weight excluding hydrogens is 266 g/mol. The summed E-state index contributed by atoms with van der Waals surface area (Å²) in [5.41, 5.74) is 5.57. The Bertz CT molecular complexity index is 383. The van der Waals surface area contributed by atoms with Crippen molar-refractivity contribution in [3.05, 3.63) is 34.4 Å². The van der Waals surface area contributed by atoms with Crippen LogP contribution < -0.4 is 5.32 Å². The zero-order valence-electron chi connectivity index (χ0n) is 13.3. The molecule has 1 unspecified atom stereocenters. The summed E-state index contributed by atoms with van der Waals surface area (Å²) in [5.74, 6) is 2.11. The first-order valence-corrected chi connectivity index (χ1v) is 8.75. The Kier molecular flexibility index (Phi) is 8.27. The van der Waals surface area contributed by atoms with Gasteiger partial charge in [-0.2, -0.15) is 11.8 Å². The Morgan fingerprint density at radius 1 is 1.20 bits per heavy atom. The van der Waals surface area contributed by atoms with E-state index in [0.717, 1.165) is 30.9 Å². The van der Waals surface area contributed by atoms with Gasteiger partial charge in [-0.25, -0.2) is 0 Å². The van der Waals surface area contributed by atoms with Crippen LogP contribution in [0, 0.1) is 20.8 Å². The van der Waals surface area contributed by atoms with Gasteiger partial charge in [0, 0.05) is 18.4 Å². The molecule has 0 aliphatic carbocycles. The van der Waals surface area contributed by atoms with Gasteiger partial charge in [0.15, 0.2) is 0 Å². The van der Waals surface area contributed by atoms with Gasteiger partial charge in [0.05, 0.1) is 0 Å². The Morgan fingerprint density at radius 2 is 1.85 bits per heavy atom. The molecule has 0 aliphatic rings. The summed E-state index contributed by atoms with van der Waals surface area (Å²) in [4.78, 5) is 0. The molecule has 2 nitrogen and oxygen atoms in total. The van der Waals surface area contributed by atoms with E-state index in [0.29, 0.717) is 12.6 Å². The van der Waals surface area contributed by atoms with Crippen molar-refractivity contribution in [2.45, 2.75) is 46.6 Å². The average Bonchev–Trinajstić information content (AvgIpc) is 2.38. The summed E-state index contributed by atoms with van der Waals surface area (Å²) in [6.45, 7) is 10.1. The van der Waals surface area contributed by atoms with Crippen LogP contribution in [0.4, 0.5) is 0 Å². The first kappa shape index (κ1) is 17.5. The summed E-state index contributed by atoms with van der Waals surface area (Å²) in [6.07, 6.45) is 2.04. The average molecular weight is 295 g/mol. The largest absolute Gasteiger partial charge is 0.396 e. The van der Waals surface area contributed by atoms with E-state index in [1.807, 2.05) is 11.8 Å². The van der Waals surface area contributed by atoms with Crippen LogP contribution in [0.25, 0.3) is 0 Å². The highest BCUT2D eigenvalue weighted by Crippen LogP contribution is 2.26. The fourth-order valence-electron chi connectivity index (χ4n) is 2.67. The van der Waals surface area contributed by atoms with E-state index in [2.05, 4.69) is 45.1 Å². The summed E-state index contributed by atoms with van der Waals surface area (Å²) in [7, 11) is 0. The van der Waals surface area contributed by atoms with Gasteiger partial charge in [0.25, 0.3) is 0 Å². The fraction of sp³-hybridized carbons (Fsp3) is 0.647. The third-order valence-corrected chi connectivity index (χ3v) is 4.60. The van der Waals surface area contributed by atoms with Gasteiger partial charge in [0.2, 0.25) is 0 Å². The van der Waals surface area contributed by atoms with Gasteiger partial charge in [-0.1, -0.05) is 24.6 Å². The first-order chi connectivity index (χ1) is 9.60. The van der Waals surface area contributed by atoms with Crippen LogP contribution in [0.3, 0.4) is 0 Å². The molecule has 0 saturated heterocycles. The second-order valence-corrected chi connectivity index (χ2v) is 6.62. The molecule has 0 saturated carbocycles. The minimum atomic E-state index is 0.294. The van der Waals surface area contributed by atoms with E-state index in [1.54, 1.807) is 0 Å². The van der Waals surface area contributed by atoms with Gasteiger partial charge in [-0.3, -0.25) is 0 Å². The van der Waals surface area contributed by atoms with E-state index in [-0.39, 0.29) is 0 Å². The van der Waals surface area contributed by atoms with Crippen molar-refractivity contribution in [2.24, 2.45) is 0 Å². The second kappa shape index (κ2) is 9.43. The SMILES string of the molecule is CCCNC(CSCCCO)c1c(C)cc(C)cc1C. The highest BCUT2D eigenvalue weighted by Gasteiger charge is 2.15. The minimum Gasteiger partial charge on any atom is -0.396 e. The number of thioether (sulfide) groups is 1. The molecule has 1 rings (SSSR count). The first-order valence-electron chi connectivity index (χ1n) is 7.59. The number of hydrogen-bond donors (Lipinski definition) is 2. The van der Waals surface area contributed by atoms with Crippen LogP contribution in [-0.2, 0) is 0 Å². The molecule has 0 aromatic heterocycles. The van der Waals surface area contributed by atoms with E-state index in [9.17, 15) is 0 Å². The molecule has 0 bridgehead atoms. The van der Waals surface area contributed by atoms with Gasteiger partial charge in [-0.15, -0.1) is 0 Å². The summed E-state index contributed by atoms with van der Waals surface area (Å²) in [5, 5.41) is 12.6. The number of benzene rings is 1. The van der Waals surface area contributed by atoms with Crippen LogP contribution in [0.1, 0.15) is 48.1 Å². The van der Waals surface area contributed by atoms with Crippen molar-refractivity contribution in [3.8, 4) is 0 Å². The molecule has 0 heterocycles. The van der Waals surface area contributed by atoms with Gasteiger partial charge < -0.3 is 10.4 Å². The van der Waals surface area contributed by atoms with Crippen molar-refractivity contribution in [1.82, 2.24) is 5.32 Å². The predicted molar refractivity (Wildman–Crippen MR) is 90.7 cm³/mol. The number of aryl methyl sites for hydroxylation is 3. The molecule has 1 atom stereocenters. The summed E-state index contributed by atoms with van der Waals surface area (Å²) >= 11 is 1.93. The quantitative estimate of drug-likeness (QED) is 0.680. The lowest BCUT2D eigenvalue weighted by Gasteiger charge is -2.23. The molecule has 3 heteroatoms. The molecule has 1 aromatic carbocycles. The van der Waals surface area contributed by atoms with E-state index in [1.165, 1.54) is 22.3 Å². The summed E-state index contributed by atoms with van der Waals surface area (Å²) in [6, 6.07) is 4.97. The second-order valence-electron chi connectivity index (χ2n) is 5.47. The molecule has 20 heavy (non-hydrogen) atoms. The van der Waals surface area contributed by atoms with Crippen molar-refractivity contribution in [2.75, 3.05) is 24.7 Å². The molecule has 0 aliphatic heterocycles. The van der Waals surface area contributed by atoms with E-state index in [4.69, 9.17) is 5.11 Å². The maximum absolute atomic E-state index is 8.88. The van der Waals surface area contributed by atoms with Gasteiger partial charge in [0.1, 0.15) is 0 Å². The maximum atomic E-state index is 8.88. The molecule has 1 aromatic rings. The Morgan fingerprint density at radius 3 is 2.40 bits per heavy atom. The topological polar surface area (TPSA) is 32.3 Å². The maximum Gasteiger partial charge on any atom is 0.0438 e. The normalized spacial score (nSPS) is 12.7. The Hall–Kier alpha value is -0.510. The van der Waals surface area contributed by atoms with E-state index >= 15 is 0 Å². The number of hydrogen-bond acceptors (Lipinski definition) is 3. The standard InChI is InChI=1S/C17H29NOS/c1-5-7-18-16(12-20-9-6-8-19)17-14(3)10-13(2)11-15(17)4/h10-11,16,18-19H,5-9,12H2,1-4H3. The molecule has 114 valence electrons. The Balaban J connectivity index is 2.81. The van der Waals surface area contributed by atoms with Crippen molar-refractivity contribution in [3.63, 3.8) is 0 Å². The van der Waals surface area contributed by atoms with Crippen molar-refractivity contribution >= 4 is 11.8 Å². The molecule has 0 amide bonds. The molecular formula is C17H29NOS. The molecule has 0 spiro atoms. The fourth-order valence-corrected chi connectivity index (χ4v) is 3.69. The number of aliphatic hydroxyl groups is 1. The van der Waals surface area contributed by atoms with Crippen molar-refractivity contribution in [1.29, 1.82) is 0 Å². The minimum absolute atomic E-state index is 0.294. The number of rotatable bonds is 9. The highest BCUT2D eigenvalue weighted by molar-refractivity contribution is 7.99. The third kappa shape index (κ3) is 5.47. The molecule has 0 radical (unpaired) electrons. The third-order valence-electron chi connectivity index (χ3n) is 3.46. The van der Waals surface area contributed by atoms with Crippen LogP contribution >= 0.6 is 11.8 Å². The highest BCUT2D eigenvalue weighted by atomic mass is 32.2. The summed E-state index contributed by atoms with van der Waals surface area (Å²) < 4.78 is 0. The lowest BCUT2D eigenvalue weighted by atomic mass is 9.95. The number of aliphatic hydroxyl groups excluding tert-OH is 1.